The minimum Gasteiger partial charge on any atom is -0.311 e. The highest BCUT2D eigenvalue weighted by atomic mass is 35.5. The lowest BCUT2D eigenvalue weighted by Gasteiger charge is -2.45. The number of carbonyl (C=O) groups is 1. The molecule has 1 aromatic rings. The summed E-state index contributed by atoms with van der Waals surface area (Å²) in [5.41, 5.74) is 0.494. The molecule has 4 heteroatoms. The van der Waals surface area contributed by atoms with Gasteiger partial charge in [0, 0.05) is 23.1 Å². The highest BCUT2D eigenvalue weighted by molar-refractivity contribution is 6.30. The number of hydrogen-bond donors (Lipinski definition) is 0. The van der Waals surface area contributed by atoms with Gasteiger partial charge in [-0.05, 0) is 31.2 Å². The Morgan fingerprint density at radius 2 is 2.00 bits per heavy atom. The summed E-state index contributed by atoms with van der Waals surface area (Å²) < 4.78 is 0. The van der Waals surface area contributed by atoms with E-state index in [0.717, 1.165) is 5.69 Å². The summed E-state index contributed by atoms with van der Waals surface area (Å²) in [5, 5.41) is 0.673. The fourth-order valence-corrected chi connectivity index (χ4v) is 1.98. The number of rotatable bonds is 2. The molecule has 1 heterocycles. The van der Waals surface area contributed by atoms with Crippen LogP contribution in [0.25, 0.3) is 0 Å². The zero-order valence-corrected chi connectivity index (χ0v) is 9.85. The van der Waals surface area contributed by atoms with Crippen LogP contribution in [0, 0.1) is 5.41 Å². The second-order valence-electron chi connectivity index (χ2n) is 4.06. The predicted octanol–water partition coefficient (Wildman–Crippen LogP) is 2.93. The van der Waals surface area contributed by atoms with Crippen molar-refractivity contribution in [2.75, 3.05) is 17.3 Å². The number of hydrogen-bond acceptors (Lipinski definition) is 1. The molecule has 1 aliphatic heterocycles. The number of benzene rings is 1. The summed E-state index contributed by atoms with van der Waals surface area (Å²) in [7, 11) is 0. The monoisotopic (exact) mass is 243 g/mol. The SMILES string of the molecule is CC1(CCl)CN(c2ccc(Cl)cc2)C1=O. The molecule has 15 heavy (non-hydrogen) atoms. The Morgan fingerprint density at radius 1 is 1.40 bits per heavy atom. The first-order chi connectivity index (χ1) is 7.07. The van der Waals surface area contributed by atoms with Gasteiger partial charge in [-0.1, -0.05) is 11.6 Å². The van der Waals surface area contributed by atoms with Crippen LogP contribution in [0.5, 0.6) is 0 Å². The molecule has 0 saturated carbocycles. The van der Waals surface area contributed by atoms with E-state index in [1.165, 1.54) is 0 Å². The maximum Gasteiger partial charge on any atom is 0.235 e. The molecule has 0 aromatic heterocycles. The third kappa shape index (κ3) is 1.72. The molecule has 0 spiro atoms. The molecule has 1 atom stereocenters. The number of amides is 1. The highest BCUT2D eigenvalue weighted by Crippen LogP contribution is 2.36. The van der Waals surface area contributed by atoms with Gasteiger partial charge in [0.05, 0.1) is 5.41 Å². The number of β-lactam (4-membered cyclic amide) rings is 1. The van der Waals surface area contributed by atoms with E-state index >= 15 is 0 Å². The van der Waals surface area contributed by atoms with Crippen molar-refractivity contribution in [2.24, 2.45) is 5.41 Å². The molecule has 0 N–H and O–H groups in total. The van der Waals surface area contributed by atoms with Gasteiger partial charge in [0.2, 0.25) is 5.91 Å². The van der Waals surface area contributed by atoms with E-state index in [-0.39, 0.29) is 11.3 Å². The molecule has 1 aliphatic rings. The smallest absolute Gasteiger partial charge is 0.235 e. The maximum atomic E-state index is 11.8. The molecule has 0 radical (unpaired) electrons. The lowest BCUT2D eigenvalue weighted by molar-refractivity contribution is -0.132. The van der Waals surface area contributed by atoms with E-state index in [1.807, 2.05) is 19.1 Å². The number of nitrogens with zero attached hydrogens (tertiary/aromatic N) is 1. The van der Waals surface area contributed by atoms with Crippen LogP contribution in [-0.2, 0) is 4.79 Å². The van der Waals surface area contributed by atoms with Gasteiger partial charge in [0.15, 0.2) is 0 Å². The van der Waals surface area contributed by atoms with Crippen molar-refractivity contribution in [2.45, 2.75) is 6.92 Å². The third-order valence-electron chi connectivity index (χ3n) is 2.70. The van der Waals surface area contributed by atoms with Gasteiger partial charge < -0.3 is 4.90 Å². The Hall–Kier alpha value is -0.730. The van der Waals surface area contributed by atoms with Crippen LogP contribution >= 0.6 is 23.2 Å². The van der Waals surface area contributed by atoms with Crippen LogP contribution < -0.4 is 4.90 Å². The van der Waals surface area contributed by atoms with Gasteiger partial charge in [0.25, 0.3) is 0 Å². The van der Waals surface area contributed by atoms with Crippen molar-refractivity contribution in [3.8, 4) is 0 Å². The van der Waals surface area contributed by atoms with Crippen molar-refractivity contribution < 1.29 is 4.79 Å². The van der Waals surface area contributed by atoms with Crippen molar-refractivity contribution >= 4 is 34.8 Å². The molecule has 0 aliphatic carbocycles. The largest absolute Gasteiger partial charge is 0.311 e. The van der Waals surface area contributed by atoms with Gasteiger partial charge in [-0.2, -0.15) is 0 Å². The topological polar surface area (TPSA) is 20.3 Å². The summed E-state index contributed by atoms with van der Waals surface area (Å²) in [6, 6.07) is 7.24. The third-order valence-corrected chi connectivity index (χ3v) is 3.54. The van der Waals surface area contributed by atoms with E-state index < -0.39 is 0 Å². The molecular weight excluding hydrogens is 233 g/mol. The van der Waals surface area contributed by atoms with Gasteiger partial charge in [-0.3, -0.25) is 4.79 Å². The van der Waals surface area contributed by atoms with E-state index in [4.69, 9.17) is 23.2 Å². The first kappa shape index (κ1) is 10.8. The minimum absolute atomic E-state index is 0.0832. The minimum atomic E-state index is -0.388. The fraction of sp³-hybridized carbons (Fsp3) is 0.364. The summed E-state index contributed by atoms with van der Waals surface area (Å²) in [6.07, 6.45) is 0. The summed E-state index contributed by atoms with van der Waals surface area (Å²) >= 11 is 11.5. The Labute approximate surface area is 98.8 Å². The van der Waals surface area contributed by atoms with E-state index in [1.54, 1.807) is 17.0 Å². The zero-order valence-electron chi connectivity index (χ0n) is 8.34. The average molecular weight is 244 g/mol. The second-order valence-corrected chi connectivity index (χ2v) is 4.77. The predicted molar refractivity (Wildman–Crippen MR) is 62.6 cm³/mol. The Morgan fingerprint density at radius 3 is 2.47 bits per heavy atom. The van der Waals surface area contributed by atoms with Crippen LogP contribution in [0.15, 0.2) is 24.3 Å². The van der Waals surface area contributed by atoms with Crippen LogP contribution in [0.3, 0.4) is 0 Å². The van der Waals surface area contributed by atoms with Crippen molar-refractivity contribution in [3.05, 3.63) is 29.3 Å². The van der Waals surface area contributed by atoms with Gasteiger partial charge in [0.1, 0.15) is 0 Å². The first-order valence-electron chi connectivity index (χ1n) is 4.70. The van der Waals surface area contributed by atoms with Crippen molar-refractivity contribution in [1.29, 1.82) is 0 Å². The van der Waals surface area contributed by atoms with Gasteiger partial charge >= 0.3 is 0 Å². The number of halogens is 2. The Balaban J connectivity index is 2.16. The Kier molecular flexibility index (Phi) is 2.65. The normalized spacial score (nSPS) is 25.3. The molecule has 1 amide bonds. The number of alkyl halides is 1. The molecule has 1 fully saturated rings. The molecule has 2 nitrogen and oxygen atoms in total. The van der Waals surface area contributed by atoms with Crippen LogP contribution in [0.4, 0.5) is 5.69 Å². The van der Waals surface area contributed by atoms with Crippen molar-refractivity contribution in [3.63, 3.8) is 0 Å². The van der Waals surface area contributed by atoms with Crippen LogP contribution in [-0.4, -0.2) is 18.3 Å². The molecular formula is C11H11Cl2NO. The first-order valence-corrected chi connectivity index (χ1v) is 5.61. The molecule has 1 aromatic carbocycles. The summed E-state index contributed by atoms with van der Waals surface area (Å²) in [6.45, 7) is 2.56. The van der Waals surface area contributed by atoms with Crippen LogP contribution in [0.2, 0.25) is 5.02 Å². The molecule has 80 valence electrons. The Bertz CT molecular complexity index is 390. The average Bonchev–Trinajstić information content (AvgIpc) is 2.26. The van der Waals surface area contributed by atoms with E-state index in [0.29, 0.717) is 17.4 Å². The maximum absolute atomic E-state index is 11.8. The van der Waals surface area contributed by atoms with Crippen molar-refractivity contribution in [1.82, 2.24) is 0 Å². The standard InChI is InChI=1S/C11H11Cl2NO/c1-11(6-12)7-14(10(11)15)9-4-2-8(13)3-5-9/h2-5H,6-7H2,1H3. The second kappa shape index (κ2) is 3.69. The fourth-order valence-electron chi connectivity index (χ4n) is 1.65. The van der Waals surface area contributed by atoms with Crippen LogP contribution in [0.1, 0.15) is 6.92 Å². The van der Waals surface area contributed by atoms with E-state index in [9.17, 15) is 4.79 Å². The lowest BCUT2D eigenvalue weighted by atomic mass is 9.82. The summed E-state index contributed by atoms with van der Waals surface area (Å²) in [5.74, 6) is 0.454. The molecule has 2 rings (SSSR count). The number of carbonyl (C=O) groups excluding carboxylic acids is 1. The molecule has 1 saturated heterocycles. The number of anilines is 1. The highest BCUT2D eigenvalue weighted by Gasteiger charge is 2.48. The van der Waals surface area contributed by atoms with Gasteiger partial charge in [-0.25, -0.2) is 0 Å². The summed E-state index contributed by atoms with van der Waals surface area (Å²) in [4.78, 5) is 13.5. The lowest BCUT2D eigenvalue weighted by Crippen LogP contribution is -2.61. The van der Waals surface area contributed by atoms with Gasteiger partial charge in [-0.15, -0.1) is 11.6 Å². The van der Waals surface area contributed by atoms with E-state index in [2.05, 4.69) is 0 Å². The molecule has 1 unspecified atom stereocenters. The quantitative estimate of drug-likeness (QED) is 0.578. The zero-order chi connectivity index (χ0) is 11.1. The molecule has 0 bridgehead atoms.